The number of aliphatic carboxylic acids is 1. The summed E-state index contributed by atoms with van der Waals surface area (Å²) in [5.74, 6) is -2.36. The molecule has 0 spiro atoms. The van der Waals surface area contributed by atoms with E-state index < -0.39 is 17.5 Å². The molecule has 1 aromatic heterocycles. The van der Waals surface area contributed by atoms with Crippen LogP contribution in [0.15, 0.2) is 48.2 Å². The van der Waals surface area contributed by atoms with Crippen molar-refractivity contribution in [1.82, 2.24) is 4.98 Å². The van der Waals surface area contributed by atoms with Gasteiger partial charge < -0.3 is 19.9 Å². The van der Waals surface area contributed by atoms with E-state index in [-0.39, 0.29) is 5.69 Å². The van der Waals surface area contributed by atoms with Crippen molar-refractivity contribution in [2.75, 3.05) is 7.11 Å². The predicted molar refractivity (Wildman–Crippen MR) is 79.3 cm³/mol. The summed E-state index contributed by atoms with van der Waals surface area (Å²) in [6, 6.07) is 10.8. The zero-order chi connectivity index (χ0) is 16.1. The van der Waals surface area contributed by atoms with E-state index in [0.29, 0.717) is 12.5 Å². The van der Waals surface area contributed by atoms with Crippen molar-refractivity contribution < 1.29 is 24.5 Å². The molecule has 0 fully saturated rings. The van der Waals surface area contributed by atoms with Gasteiger partial charge in [0.25, 0.3) is 0 Å². The Hall–Kier alpha value is -3.02. The van der Waals surface area contributed by atoms with Gasteiger partial charge in [-0.25, -0.2) is 4.79 Å². The normalized spacial score (nSPS) is 11.2. The summed E-state index contributed by atoms with van der Waals surface area (Å²) in [4.78, 5) is 25.1. The molecule has 6 nitrogen and oxygen atoms in total. The first-order valence-corrected chi connectivity index (χ1v) is 6.48. The Kier molecular flexibility index (Phi) is 4.63. The molecule has 0 radical (unpaired) electrons. The third-order valence-electron chi connectivity index (χ3n) is 3.05. The Morgan fingerprint density at radius 3 is 2.41 bits per heavy atom. The quantitative estimate of drug-likeness (QED) is 0.432. The van der Waals surface area contributed by atoms with Crippen molar-refractivity contribution in [1.29, 1.82) is 0 Å². The summed E-state index contributed by atoms with van der Waals surface area (Å²) >= 11 is 0. The van der Waals surface area contributed by atoms with Gasteiger partial charge >= 0.3 is 5.97 Å². The van der Waals surface area contributed by atoms with Crippen LogP contribution in [0.3, 0.4) is 0 Å². The number of carbonyl (C=O) groups is 2. The van der Waals surface area contributed by atoms with E-state index in [0.717, 1.165) is 17.0 Å². The maximum absolute atomic E-state index is 11.8. The molecule has 1 heterocycles. The summed E-state index contributed by atoms with van der Waals surface area (Å²) in [6.07, 6.45) is 1.26. The van der Waals surface area contributed by atoms with Crippen LogP contribution in [-0.2, 0) is 11.2 Å². The monoisotopic (exact) mass is 301 g/mol. The maximum Gasteiger partial charge on any atom is 0.371 e. The molecular weight excluding hydrogens is 286 g/mol. The van der Waals surface area contributed by atoms with E-state index >= 15 is 0 Å². The number of nitrogens with one attached hydrogen (secondary N) is 1. The van der Waals surface area contributed by atoms with E-state index in [1.807, 2.05) is 24.3 Å². The SMILES string of the molecule is COc1ccc(Cc2ccc(C(=O)C=C(O)C(=O)O)[nH]2)cc1. The number of methoxy groups -OCH3 is 1. The molecule has 0 atom stereocenters. The van der Waals surface area contributed by atoms with E-state index in [2.05, 4.69) is 4.98 Å². The van der Waals surface area contributed by atoms with Crippen molar-refractivity contribution in [3.05, 3.63) is 65.2 Å². The number of ketones is 1. The van der Waals surface area contributed by atoms with E-state index in [4.69, 9.17) is 14.9 Å². The zero-order valence-corrected chi connectivity index (χ0v) is 11.9. The zero-order valence-electron chi connectivity index (χ0n) is 11.9. The predicted octanol–water partition coefficient (Wildman–Crippen LogP) is 2.32. The van der Waals surface area contributed by atoms with Crippen molar-refractivity contribution in [2.45, 2.75) is 6.42 Å². The number of carbonyl (C=O) groups excluding carboxylic acids is 1. The third-order valence-corrected chi connectivity index (χ3v) is 3.05. The van der Waals surface area contributed by atoms with Crippen LogP contribution in [-0.4, -0.2) is 34.1 Å². The molecule has 1 aromatic carbocycles. The van der Waals surface area contributed by atoms with Crippen molar-refractivity contribution in [3.63, 3.8) is 0 Å². The minimum Gasteiger partial charge on any atom is -0.502 e. The maximum atomic E-state index is 11.8. The Morgan fingerprint density at radius 1 is 1.14 bits per heavy atom. The Morgan fingerprint density at radius 2 is 1.82 bits per heavy atom. The van der Waals surface area contributed by atoms with Gasteiger partial charge in [0, 0.05) is 18.2 Å². The molecular formula is C16H15NO5. The lowest BCUT2D eigenvalue weighted by molar-refractivity contribution is -0.135. The average Bonchev–Trinajstić information content (AvgIpc) is 2.96. The van der Waals surface area contributed by atoms with Gasteiger partial charge in [-0.3, -0.25) is 4.79 Å². The summed E-state index contributed by atoms with van der Waals surface area (Å²) in [5.41, 5.74) is 2.05. The van der Waals surface area contributed by atoms with Crippen LogP contribution < -0.4 is 4.74 Å². The number of H-pyrrole nitrogens is 1. The number of ether oxygens (including phenoxy) is 1. The molecule has 0 saturated heterocycles. The molecule has 6 heteroatoms. The first-order chi connectivity index (χ1) is 10.5. The number of allylic oxidation sites excluding steroid dienone is 1. The molecule has 0 aliphatic rings. The largest absolute Gasteiger partial charge is 0.502 e. The second kappa shape index (κ2) is 6.62. The second-order valence-corrected chi connectivity index (χ2v) is 4.62. The first kappa shape index (κ1) is 15.4. The summed E-state index contributed by atoms with van der Waals surface area (Å²) in [5, 5.41) is 17.6. The summed E-state index contributed by atoms with van der Waals surface area (Å²) < 4.78 is 5.08. The molecule has 0 amide bonds. The van der Waals surface area contributed by atoms with Crippen LogP contribution in [0.2, 0.25) is 0 Å². The lowest BCUT2D eigenvalue weighted by atomic mass is 10.1. The highest BCUT2D eigenvalue weighted by Crippen LogP contribution is 2.15. The van der Waals surface area contributed by atoms with Gasteiger partial charge in [-0.15, -0.1) is 0 Å². The number of aliphatic hydroxyl groups excluding tert-OH is 1. The minimum absolute atomic E-state index is 0.219. The van der Waals surface area contributed by atoms with Crippen molar-refractivity contribution in [3.8, 4) is 5.75 Å². The lowest BCUT2D eigenvalue weighted by Crippen LogP contribution is -2.04. The average molecular weight is 301 g/mol. The molecule has 3 N–H and O–H groups in total. The number of hydrogen-bond donors (Lipinski definition) is 3. The Balaban J connectivity index is 2.09. The third kappa shape index (κ3) is 3.76. The van der Waals surface area contributed by atoms with E-state index in [1.165, 1.54) is 0 Å². The number of aliphatic hydroxyl groups is 1. The molecule has 2 aromatic rings. The van der Waals surface area contributed by atoms with Crippen LogP contribution in [0, 0.1) is 0 Å². The van der Waals surface area contributed by atoms with Gasteiger partial charge in [0.15, 0.2) is 0 Å². The highest BCUT2D eigenvalue weighted by atomic mass is 16.5. The smallest absolute Gasteiger partial charge is 0.371 e. The Bertz CT molecular complexity index is 712. The fraction of sp³-hybridized carbons (Fsp3) is 0.125. The highest BCUT2D eigenvalue weighted by Gasteiger charge is 2.11. The van der Waals surface area contributed by atoms with Crippen LogP contribution in [0.5, 0.6) is 5.75 Å². The van der Waals surface area contributed by atoms with Crippen LogP contribution >= 0.6 is 0 Å². The standard InChI is InChI=1S/C16H15NO5/c1-22-12-5-2-10(3-6-12)8-11-4-7-13(17-11)14(18)9-15(19)16(20)21/h2-7,9,17,19H,8H2,1H3,(H,20,21). The van der Waals surface area contributed by atoms with Gasteiger partial charge in [0.2, 0.25) is 11.5 Å². The summed E-state index contributed by atoms with van der Waals surface area (Å²) in [6.45, 7) is 0. The van der Waals surface area contributed by atoms with Gasteiger partial charge in [0.1, 0.15) is 5.75 Å². The van der Waals surface area contributed by atoms with Crippen molar-refractivity contribution in [2.24, 2.45) is 0 Å². The number of carboxylic acids is 1. The van der Waals surface area contributed by atoms with E-state index in [9.17, 15) is 9.59 Å². The van der Waals surface area contributed by atoms with Gasteiger partial charge in [-0.2, -0.15) is 0 Å². The number of aromatic amines is 1. The fourth-order valence-electron chi connectivity index (χ4n) is 1.91. The molecule has 0 saturated carbocycles. The molecule has 0 aliphatic heterocycles. The minimum atomic E-state index is -1.54. The molecule has 0 unspecified atom stereocenters. The highest BCUT2D eigenvalue weighted by molar-refractivity contribution is 6.06. The number of rotatable bonds is 6. The van der Waals surface area contributed by atoms with Gasteiger partial charge in [-0.05, 0) is 29.8 Å². The van der Waals surface area contributed by atoms with Gasteiger partial charge in [-0.1, -0.05) is 12.1 Å². The number of carboxylic acid groups (broad SMARTS) is 1. The fourth-order valence-corrected chi connectivity index (χ4v) is 1.91. The van der Waals surface area contributed by atoms with Crippen LogP contribution in [0.25, 0.3) is 0 Å². The Labute approximate surface area is 126 Å². The molecule has 114 valence electrons. The van der Waals surface area contributed by atoms with Crippen molar-refractivity contribution >= 4 is 11.8 Å². The number of aromatic nitrogens is 1. The summed E-state index contributed by atoms with van der Waals surface area (Å²) in [7, 11) is 1.60. The molecule has 2 rings (SSSR count). The second-order valence-electron chi connectivity index (χ2n) is 4.62. The topological polar surface area (TPSA) is 99.6 Å². The van der Waals surface area contributed by atoms with Crippen LogP contribution in [0.4, 0.5) is 0 Å². The van der Waals surface area contributed by atoms with Crippen LogP contribution in [0.1, 0.15) is 21.7 Å². The van der Waals surface area contributed by atoms with E-state index in [1.54, 1.807) is 19.2 Å². The lowest BCUT2D eigenvalue weighted by Gasteiger charge is -2.02. The first-order valence-electron chi connectivity index (χ1n) is 6.48. The number of benzene rings is 1. The molecule has 0 bridgehead atoms. The number of hydrogen-bond acceptors (Lipinski definition) is 4. The molecule has 22 heavy (non-hydrogen) atoms. The van der Waals surface area contributed by atoms with Gasteiger partial charge in [0.05, 0.1) is 12.8 Å². The molecule has 0 aliphatic carbocycles.